The van der Waals surface area contributed by atoms with Gasteiger partial charge in [0.25, 0.3) is 11.1 Å². The third-order valence-corrected chi connectivity index (χ3v) is 6.55. The van der Waals surface area contributed by atoms with Gasteiger partial charge in [-0.05, 0) is 29.8 Å². The normalized spacial score (nSPS) is 24.1. The summed E-state index contributed by atoms with van der Waals surface area (Å²) in [4.78, 5) is 37.5. The summed E-state index contributed by atoms with van der Waals surface area (Å²) in [6.45, 7) is -0.409. The van der Waals surface area contributed by atoms with Gasteiger partial charge in [0, 0.05) is 6.04 Å². The number of carbonyl (C=O) groups is 3. The number of sulfone groups is 1. The SMILES string of the molecule is O=C(CN1C(=O)S/C(=C\c2ccccc2)C1=O)N[C@H]1CCS(=O)(=O)C1. The molecule has 1 N–H and O–H groups in total. The van der Waals surface area contributed by atoms with Gasteiger partial charge in [0.15, 0.2) is 9.84 Å². The van der Waals surface area contributed by atoms with Gasteiger partial charge in [0.2, 0.25) is 5.91 Å². The predicted molar refractivity (Wildman–Crippen MR) is 94.3 cm³/mol. The first-order valence-electron chi connectivity index (χ1n) is 7.64. The smallest absolute Gasteiger partial charge is 0.294 e. The van der Waals surface area contributed by atoms with E-state index in [-0.39, 0.29) is 16.4 Å². The molecule has 3 amide bonds. The number of carbonyl (C=O) groups excluding carboxylic acids is 3. The molecule has 25 heavy (non-hydrogen) atoms. The average Bonchev–Trinajstić information content (AvgIpc) is 3.02. The minimum absolute atomic E-state index is 0.0410. The maximum absolute atomic E-state index is 12.3. The summed E-state index contributed by atoms with van der Waals surface area (Å²) in [5, 5.41) is 2.06. The zero-order valence-electron chi connectivity index (χ0n) is 13.2. The van der Waals surface area contributed by atoms with Crippen LogP contribution in [-0.2, 0) is 19.4 Å². The monoisotopic (exact) mass is 380 g/mol. The Balaban J connectivity index is 1.63. The molecule has 1 aromatic carbocycles. The van der Waals surface area contributed by atoms with E-state index in [0.717, 1.165) is 22.2 Å². The molecule has 2 heterocycles. The van der Waals surface area contributed by atoms with Crippen molar-refractivity contribution in [3.63, 3.8) is 0 Å². The summed E-state index contributed by atoms with van der Waals surface area (Å²) in [7, 11) is -3.11. The summed E-state index contributed by atoms with van der Waals surface area (Å²) in [6, 6.07) is 8.63. The van der Waals surface area contributed by atoms with Crippen LogP contribution >= 0.6 is 11.8 Å². The van der Waals surface area contributed by atoms with Crippen LogP contribution in [0.1, 0.15) is 12.0 Å². The third-order valence-electron chi connectivity index (χ3n) is 3.87. The number of rotatable bonds is 4. The van der Waals surface area contributed by atoms with Crippen molar-refractivity contribution in [3.05, 3.63) is 40.8 Å². The Morgan fingerprint density at radius 2 is 2.00 bits per heavy atom. The van der Waals surface area contributed by atoms with Crippen LogP contribution in [0.5, 0.6) is 0 Å². The molecular weight excluding hydrogens is 364 g/mol. The van der Waals surface area contributed by atoms with Crippen molar-refractivity contribution < 1.29 is 22.8 Å². The van der Waals surface area contributed by atoms with Crippen molar-refractivity contribution in [2.75, 3.05) is 18.1 Å². The molecule has 3 rings (SSSR count). The van der Waals surface area contributed by atoms with Gasteiger partial charge < -0.3 is 5.32 Å². The van der Waals surface area contributed by atoms with Crippen LogP contribution in [0.2, 0.25) is 0 Å². The van der Waals surface area contributed by atoms with Crippen molar-refractivity contribution in [1.29, 1.82) is 0 Å². The molecule has 0 saturated carbocycles. The molecule has 7 nitrogen and oxygen atoms in total. The molecular formula is C16H16N2O5S2. The minimum atomic E-state index is -3.11. The first-order chi connectivity index (χ1) is 11.8. The van der Waals surface area contributed by atoms with Crippen LogP contribution in [0.15, 0.2) is 35.2 Å². The molecule has 2 saturated heterocycles. The molecule has 2 fully saturated rings. The second-order valence-corrected chi connectivity index (χ2v) is 9.07. The Bertz CT molecular complexity index is 849. The molecule has 1 atom stereocenters. The van der Waals surface area contributed by atoms with Crippen LogP contribution in [0, 0.1) is 0 Å². The van der Waals surface area contributed by atoms with Gasteiger partial charge in [-0.25, -0.2) is 8.42 Å². The molecule has 0 aromatic heterocycles. The lowest BCUT2D eigenvalue weighted by atomic mass is 10.2. The number of benzene rings is 1. The van der Waals surface area contributed by atoms with Gasteiger partial charge in [0.05, 0.1) is 16.4 Å². The average molecular weight is 380 g/mol. The second kappa shape index (κ2) is 7.01. The van der Waals surface area contributed by atoms with Gasteiger partial charge in [-0.1, -0.05) is 30.3 Å². The van der Waals surface area contributed by atoms with E-state index in [9.17, 15) is 22.8 Å². The standard InChI is InChI=1S/C16H16N2O5S2/c19-14(17-12-6-7-25(22,23)10-12)9-18-15(20)13(24-16(18)21)8-11-4-2-1-3-5-11/h1-5,8,12H,6-7,9-10H2,(H,17,19)/b13-8-/t12-/m0/s1. The summed E-state index contributed by atoms with van der Waals surface area (Å²) >= 11 is 0.784. The Kier molecular flexibility index (Phi) is 4.96. The van der Waals surface area contributed by atoms with E-state index in [2.05, 4.69) is 5.32 Å². The van der Waals surface area contributed by atoms with E-state index in [4.69, 9.17) is 0 Å². The van der Waals surface area contributed by atoms with Crippen molar-refractivity contribution in [3.8, 4) is 0 Å². The van der Waals surface area contributed by atoms with E-state index in [1.54, 1.807) is 18.2 Å². The fourth-order valence-electron chi connectivity index (χ4n) is 2.66. The van der Waals surface area contributed by atoms with Crippen LogP contribution in [0.4, 0.5) is 4.79 Å². The second-order valence-electron chi connectivity index (χ2n) is 5.85. The van der Waals surface area contributed by atoms with Crippen LogP contribution in [-0.4, -0.2) is 54.5 Å². The van der Waals surface area contributed by atoms with Crippen molar-refractivity contribution in [2.45, 2.75) is 12.5 Å². The van der Waals surface area contributed by atoms with E-state index in [0.29, 0.717) is 6.42 Å². The molecule has 0 spiro atoms. The number of nitrogens with one attached hydrogen (secondary N) is 1. The predicted octanol–water partition coefficient (Wildman–Crippen LogP) is 1.03. The van der Waals surface area contributed by atoms with E-state index in [1.165, 1.54) is 0 Å². The largest absolute Gasteiger partial charge is 0.351 e. The van der Waals surface area contributed by atoms with Gasteiger partial charge in [-0.2, -0.15) is 0 Å². The van der Waals surface area contributed by atoms with E-state index < -0.39 is 39.5 Å². The highest BCUT2D eigenvalue weighted by Gasteiger charge is 2.37. The minimum Gasteiger partial charge on any atom is -0.351 e. The molecule has 2 aliphatic rings. The third kappa shape index (κ3) is 4.29. The van der Waals surface area contributed by atoms with Crippen LogP contribution in [0.25, 0.3) is 6.08 Å². The fraction of sp³-hybridized carbons (Fsp3) is 0.312. The molecule has 1 aromatic rings. The van der Waals surface area contributed by atoms with Gasteiger partial charge in [0.1, 0.15) is 6.54 Å². The molecule has 0 unspecified atom stereocenters. The Labute approximate surface area is 149 Å². The maximum Gasteiger partial charge on any atom is 0.294 e. The van der Waals surface area contributed by atoms with Gasteiger partial charge >= 0.3 is 0 Å². The summed E-state index contributed by atoms with van der Waals surface area (Å²) in [5.74, 6) is -1.12. The highest BCUT2D eigenvalue weighted by atomic mass is 32.2. The quantitative estimate of drug-likeness (QED) is 0.783. The fourth-order valence-corrected chi connectivity index (χ4v) is 5.17. The number of amides is 3. The lowest BCUT2D eigenvalue weighted by molar-refractivity contribution is -0.129. The van der Waals surface area contributed by atoms with E-state index >= 15 is 0 Å². The Hall–Kier alpha value is -2.13. The molecule has 0 aliphatic carbocycles. The van der Waals surface area contributed by atoms with Crippen molar-refractivity contribution in [1.82, 2.24) is 10.2 Å². The van der Waals surface area contributed by atoms with Gasteiger partial charge in [-0.15, -0.1) is 0 Å². The molecule has 0 radical (unpaired) electrons. The molecule has 0 bridgehead atoms. The van der Waals surface area contributed by atoms with Crippen molar-refractivity contribution in [2.24, 2.45) is 0 Å². The topological polar surface area (TPSA) is 101 Å². The number of nitrogens with zero attached hydrogens (tertiary/aromatic N) is 1. The number of hydrogen-bond acceptors (Lipinski definition) is 6. The zero-order chi connectivity index (χ0) is 18.0. The lowest BCUT2D eigenvalue weighted by Crippen LogP contribution is -2.43. The maximum atomic E-state index is 12.3. The summed E-state index contributed by atoms with van der Waals surface area (Å²) < 4.78 is 22.8. The van der Waals surface area contributed by atoms with E-state index in [1.807, 2.05) is 18.2 Å². The molecule has 132 valence electrons. The molecule has 2 aliphatic heterocycles. The lowest BCUT2D eigenvalue weighted by Gasteiger charge is -2.15. The van der Waals surface area contributed by atoms with Crippen LogP contribution in [0.3, 0.4) is 0 Å². The highest BCUT2D eigenvalue weighted by Crippen LogP contribution is 2.31. The Morgan fingerprint density at radius 1 is 1.28 bits per heavy atom. The number of imide groups is 1. The Morgan fingerprint density at radius 3 is 2.64 bits per heavy atom. The summed E-state index contributed by atoms with van der Waals surface area (Å²) in [5.41, 5.74) is 0.786. The number of thioether (sulfide) groups is 1. The first kappa shape index (κ1) is 17.7. The number of hydrogen-bond donors (Lipinski definition) is 1. The zero-order valence-corrected chi connectivity index (χ0v) is 14.8. The molecule has 9 heteroatoms. The van der Waals surface area contributed by atoms with Crippen LogP contribution < -0.4 is 5.32 Å². The van der Waals surface area contributed by atoms with Gasteiger partial charge in [-0.3, -0.25) is 19.3 Å². The van der Waals surface area contributed by atoms with Crippen molar-refractivity contribution >= 4 is 44.7 Å². The highest BCUT2D eigenvalue weighted by molar-refractivity contribution is 8.18. The first-order valence-corrected chi connectivity index (χ1v) is 10.3. The summed E-state index contributed by atoms with van der Waals surface area (Å²) in [6.07, 6.45) is 1.95.